The molecule has 0 fully saturated rings. The lowest BCUT2D eigenvalue weighted by molar-refractivity contribution is -0.137. The molecule has 0 aliphatic carbocycles. The van der Waals surface area contributed by atoms with Crippen LogP contribution >= 0.6 is 0 Å². The minimum absolute atomic E-state index is 0.129. The van der Waals surface area contributed by atoms with Crippen molar-refractivity contribution < 1.29 is 27.1 Å². The molecule has 8 heteroatoms. The highest BCUT2D eigenvalue weighted by Gasteiger charge is 2.32. The predicted molar refractivity (Wildman–Crippen MR) is 63.9 cm³/mol. The summed E-state index contributed by atoms with van der Waals surface area (Å²) in [4.78, 5) is 11.6. The van der Waals surface area contributed by atoms with E-state index in [2.05, 4.69) is 5.10 Å². The van der Waals surface area contributed by atoms with Crippen molar-refractivity contribution in [3.8, 4) is 0 Å². The number of rotatable bonds is 4. The van der Waals surface area contributed by atoms with Gasteiger partial charge in [-0.25, -0.2) is 9.18 Å². The molecule has 1 aromatic heterocycles. The predicted octanol–water partition coefficient (Wildman–Crippen LogP) is 2.90. The zero-order valence-corrected chi connectivity index (χ0v) is 10.6. The summed E-state index contributed by atoms with van der Waals surface area (Å²) in [6.45, 7) is 0.0928. The van der Waals surface area contributed by atoms with Gasteiger partial charge in [-0.15, -0.1) is 0 Å². The Kier molecular flexibility index (Phi) is 4.25. The number of aromatic nitrogens is 2. The third-order valence-corrected chi connectivity index (χ3v) is 2.63. The SMILES string of the molecule is O=C(OCCn1cccn1)c1cc(C(F)(F)F)ccc1F. The molecule has 112 valence electrons. The second-order valence-electron chi connectivity index (χ2n) is 4.10. The first-order chi connectivity index (χ1) is 9.88. The largest absolute Gasteiger partial charge is 0.460 e. The molecule has 0 amide bonds. The molecule has 0 bridgehead atoms. The third kappa shape index (κ3) is 3.80. The lowest BCUT2D eigenvalue weighted by Gasteiger charge is -2.10. The van der Waals surface area contributed by atoms with Crippen LogP contribution < -0.4 is 0 Å². The van der Waals surface area contributed by atoms with Crippen LogP contribution in [0.4, 0.5) is 17.6 Å². The van der Waals surface area contributed by atoms with Crippen molar-refractivity contribution >= 4 is 5.97 Å². The summed E-state index contributed by atoms with van der Waals surface area (Å²) in [5.74, 6) is -2.21. The van der Waals surface area contributed by atoms with Crippen molar-refractivity contribution in [2.75, 3.05) is 6.61 Å². The Morgan fingerprint density at radius 3 is 2.71 bits per heavy atom. The number of esters is 1. The normalized spacial score (nSPS) is 11.4. The van der Waals surface area contributed by atoms with Crippen LogP contribution in [0.2, 0.25) is 0 Å². The molecule has 21 heavy (non-hydrogen) atoms. The fourth-order valence-corrected chi connectivity index (χ4v) is 1.60. The average Bonchev–Trinajstić information content (AvgIpc) is 2.91. The Bertz CT molecular complexity index is 624. The number of hydrogen-bond donors (Lipinski definition) is 0. The molecular formula is C13H10F4N2O2. The van der Waals surface area contributed by atoms with Gasteiger partial charge < -0.3 is 4.74 Å². The molecule has 0 N–H and O–H groups in total. The number of hydrogen-bond acceptors (Lipinski definition) is 3. The van der Waals surface area contributed by atoms with Crippen molar-refractivity contribution in [1.29, 1.82) is 0 Å². The number of benzene rings is 1. The monoisotopic (exact) mass is 302 g/mol. The van der Waals surface area contributed by atoms with Gasteiger partial charge in [0, 0.05) is 12.4 Å². The van der Waals surface area contributed by atoms with E-state index in [9.17, 15) is 22.4 Å². The number of carbonyl (C=O) groups is 1. The van der Waals surface area contributed by atoms with Gasteiger partial charge in [0.1, 0.15) is 12.4 Å². The standard InChI is InChI=1S/C13H10F4N2O2/c14-11-3-2-9(13(15,16)17)8-10(11)12(20)21-7-6-19-5-1-4-18-19/h1-5,8H,6-7H2. The molecule has 1 aromatic carbocycles. The number of alkyl halides is 3. The third-order valence-electron chi connectivity index (χ3n) is 2.63. The van der Waals surface area contributed by atoms with E-state index in [1.54, 1.807) is 12.3 Å². The fourth-order valence-electron chi connectivity index (χ4n) is 1.60. The Morgan fingerprint density at radius 2 is 2.10 bits per heavy atom. The van der Waals surface area contributed by atoms with Crippen LogP contribution in [0.3, 0.4) is 0 Å². The van der Waals surface area contributed by atoms with Crippen molar-refractivity contribution in [2.45, 2.75) is 12.7 Å². The minimum Gasteiger partial charge on any atom is -0.460 e. The van der Waals surface area contributed by atoms with Crippen molar-refractivity contribution in [2.24, 2.45) is 0 Å². The molecule has 2 rings (SSSR count). The molecule has 0 atom stereocenters. The Labute approximate surface area is 116 Å². The second-order valence-corrected chi connectivity index (χ2v) is 4.10. The van der Waals surface area contributed by atoms with Gasteiger partial charge in [-0.05, 0) is 24.3 Å². The maximum absolute atomic E-state index is 13.4. The topological polar surface area (TPSA) is 44.1 Å². The summed E-state index contributed by atoms with van der Waals surface area (Å²) < 4.78 is 57.2. The van der Waals surface area contributed by atoms with E-state index in [1.807, 2.05) is 0 Å². The van der Waals surface area contributed by atoms with Gasteiger partial charge >= 0.3 is 12.1 Å². The lowest BCUT2D eigenvalue weighted by atomic mass is 10.1. The molecule has 2 aromatic rings. The van der Waals surface area contributed by atoms with Gasteiger partial charge in [0.25, 0.3) is 0 Å². The second kappa shape index (κ2) is 5.94. The smallest absolute Gasteiger partial charge is 0.416 e. The van der Waals surface area contributed by atoms with E-state index in [4.69, 9.17) is 4.74 Å². The first-order valence-electron chi connectivity index (χ1n) is 5.89. The van der Waals surface area contributed by atoms with Crippen LogP contribution in [0.15, 0.2) is 36.7 Å². The van der Waals surface area contributed by atoms with Crippen molar-refractivity contribution in [1.82, 2.24) is 9.78 Å². The molecule has 0 spiro atoms. The van der Waals surface area contributed by atoms with E-state index >= 15 is 0 Å². The zero-order valence-electron chi connectivity index (χ0n) is 10.6. The van der Waals surface area contributed by atoms with E-state index in [0.29, 0.717) is 18.2 Å². The Balaban J connectivity index is 2.04. The molecule has 0 saturated heterocycles. The number of carbonyl (C=O) groups excluding carboxylic acids is 1. The Morgan fingerprint density at radius 1 is 1.33 bits per heavy atom. The van der Waals surface area contributed by atoms with Crippen molar-refractivity contribution in [3.63, 3.8) is 0 Å². The van der Waals surface area contributed by atoms with Gasteiger partial charge in [0.15, 0.2) is 0 Å². The number of nitrogens with zero attached hydrogens (tertiary/aromatic N) is 2. The first kappa shape index (κ1) is 15.0. The average molecular weight is 302 g/mol. The molecule has 0 aliphatic rings. The molecule has 1 heterocycles. The fraction of sp³-hybridized carbons (Fsp3) is 0.231. The van der Waals surface area contributed by atoms with Crippen LogP contribution in [-0.4, -0.2) is 22.4 Å². The van der Waals surface area contributed by atoms with Gasteiger partial charge in [-0.2, -0.15) is 18.3 Å². The van der Waals surface area contributed by atoms with E-state index in [-0.39, 0.29) is 13.2 Å². The molecule has 0 unspecified atom stereocenters. The van der Waals surface area contributed by atoms with Crippen molar-refractivity contribution in [3.05, 3.63) is 53.6 Å². The van der Waals surface area contributed by atoms with Crippen LogP contribution in [0.25, 0.3) is 0 Å². The highest BCUT2D eigenvalue weighted by atomic mass is 19.4. The summed E-state index contributed by atoms with van der Waals surface area (Å²) in [5.41, 5.74) is -1.85. The van der Waals surface area contributed by atoms with E-state index < -0.39 is 29.1 Å². The Hall–Kier alpha value is -2.38. The molecule has 0 aliphatic heterocycles. The van der Waals surface area contributed by atoms with E-state index in [0.717, 1.165) is 0 Å². The van der Waals surface area contributed by atoms with Crippen LogP contribution in [-0.2, 0) is 17.5 Å². The van der Waals surface area contributed by atoms with Crippen LogP contribution in [0.5, 0.6) is 0 Å². The van der Waals surface area contributed by atoms with Gasteiger partial charge in [0.05, 0.1) is 17.7 Å². The maximum atomic E-state index is 13.4. The summed E-state index contributed by atoms with van der Waals surface area (Å²) in [6, 6.07) is 3.25. The molecular weight excluding hydrogens is 292 g/mol. The van der Waals surface area contributed by atoms with E-state index in [1.165, 1.54) is 10.9 Å². The molecule has 0 saturated carbocycles. The number of halogens is 4. The van der Waals surface area contributed by atoms with Gasteiger partial charge in [-0.3, -0.25) is 4.68 Å². The van der Waals surface area contributed by atoms with Crippen LogP contribution in [0, 0.1) is 5.82 Å². The zero-order chi connectivity index (χ0) is 15.5. The van der Waals surface area contributed by atoms with Gasteiger partial charge in [-0.1, -0.05) is 0 Å². The first-order valence-corrected chi connectivity index (χ1v) is 5.89. The highest BCUT2D eigenvalue weighted by Crippen LogP contribution is 2.30. The number of ether oxygens (including phenoxy) is 1. The lowest BCUT2D eigenvalue weighted by Crippen LogP contribution is -2.14. The van der Waals surface area contributed by atoms with Crippen LogP contribution in [0.1, 0.15) is 15.9 Å². The highest BCUT2D eigenvalue weighted by molar-refractivity contribution is 5.89. The summed E-state index contributed by atoms with van der Waals surface area (Å²) in [6.07, 6.45) is -1.51. The van der Waals surface area contributed by atoms with Gasteiger partial charge in [0.2, 0.25) is 0 Å². The summed E-state index contributed by atoms with van der Waals surface area (Å²) >= 11 is 0. The maximum Gasteiger partial charge on any atom is 0.416 e. The molecule has 4 nitrogen and oxygen atoms in total. The minimum atomic E-state index is -4.65. The molecule has 0 radical (unpaired) electrons. The summed E-state index contributed by atoms with van der Waals surface area (Å²) in [7, 11) is 0. The quantitative estimate of drug-likeness (QED) is 0.644. The summed E-state index contributed by atoms with van der Waals surface area (Å²) in [5, 5.41) is 3.85.